The predicted octanol–water partition coefficient (Wildman–Crippen LogP) is 2.40. The van der Waals surface area contributed by atoms with E-state index < -0.39 is 0 Å². The van der Waals surface area contributed by atoms with Gasteiger partial charge in [-0.3, -0.25) is 14.9 Å². The van der Waals surface area contributed by atoms with Gasteiger partial charge in [-0.2, -0.15) is 5.10 Å². The number of benzene rings is 1. The van der Waals surface area contributed by atoms with E-state index in [2.05, 4.69) is 20.5 Å². The van der Waals surface area contributed by atoms with E-state index in [1.165, 1.54) is 0 Å². The third-order valence-electron chi connectivity index (χ3n) is 3.05. The highest BCUT2D eigenvalue weighted by atomic mass is 16.1. The largest absolute Gasteiger partial charge is 0.347 e. The molecule has 0 saturated carbocycles. The second-order valence-electron chi connectivity index (χ2n) is 4.55. The van der Waals surface area contributed by atoms with Crippen LogP contribution in [0.5, 0.6) is 0 Å². The standard InChI is InChI=1S/C16H14N4O/c21-16(18-11-12-6-2-1-3-7-12)15-10-14(19-20-15)13-8-4-5-9-17-13/h1-10H,11H2,(H,18,21)(H,19,20). The summed E-state index contributed by atoms with van der Waals surface area (Å²) in [6.07, 6.45) is 1.69. The van der Waals surface area contributed by atoms with Crippen LogP contribution < -0.4 is 5.32 Å². The number of nitrogens with one attached hydrogen (secondary N) is 2. The number of aromatic amines is 1. The molecular weight excluding hydrogens is 264 g/mol. The lowest BCUT2D eigenvalue weighted by atomic mass is 10.2. The van der Waals surface area contributed by atoms with Gasteiger partial charge in [-0.05, 0) is 23.8 Å². The van der Waals surface area contributed by atoms with Crippen LogP contribution in [0.2, 0.25) is 0 Å². The van der Waals surface area contributed by atoms with E-state index in [4.69, 9.17) is 0 Å². The van der Waals surface area contributed by atoms with Gasteiger partial charge in [0.1, 0.15) is 11.4 Å². The van der Waals surface area contributed by atoms with Gasteiger partial charge in [0.25, 0.3) is 5.91 Å². The Kier molecular flexibility index (Phi) is 3.73. The second-order valence-corrected chi connectivity index (χ2v) is 4.55. The zero-order chi connectivity index (χ0) is 14.5. The lowest BCUT2D eigenvalue weighted by Crippen LogP contribution is -2.23. The smallest absolute Gasteiger partial charge is 0.269 e. The molecule has 2 heterocycles. The van der Waals surface area contributed by atoms with Gasteiger partial charge in [0.05, 0.1) is 5.69 Å². The summed E-state index contributed by atoms with van der Waals surface area (Å²) >= 11 is 0. The van der Waals surface area contributed by atoms with Crippen LogP contribution in [0.25, 0.3) is 11.4 Å². The molecule has 2 N–H and O–H groups in total. The topological polar surface area (TPSA) is 70.7 Å². The first-order chi connectivity index (χ1) is 10.3. The number of rotatable bonds is 4. The quantitative estimate of drug-likeness (QED) is 0.770. The van der Waals surface area contributed by atoms with Crippen molar-refractivity contribution in [1.82, 2.24) is 20.5 Å². The molecule has 0 radical (unpaired) electrons. The summed E-state index contributed by atoms with van der Waals surface area (Å²) in [7, 11) is 0. The summed E-state index contributed by atoms with van der Waals surface area (Å²) in [6.45, 7) is 0.484. The average molecular weight is 278 g/mol. The van der Waals surface area contributed by atoms with Gasteiger partial charge in [0, 0.05) is 12.7 Å². The molecule has 1 amide bonds. The van der Waals surface area contributed by atoms with E-state index in [9.17, 15) is 4.79 Å². The number of pyridine rings is 1. The maximum Gasteiger partial charge on any atom is 0.269 e. The van der Waals surface area contributed by atoms with Gasteiger partial charge >= 0.3 is 0 Å². The van der Waals surface area contributed by atoms with Crippen molar-refractivity contribution in [2.45, 2.75) is 6.54 Å². The molecule has 3 aromatic rings. The first-order valence-corrected chi connectivity index (χ1v) is 6.62. The minimum atomic E-state index is -0.187. The monoisotopic (exact) mass is 278 g/mol. The van der Waals surface area contributed by atoms with E-state index >= 15 is 0 Å². The van der Waals surface area contributed by atoms with Crippen LogP contribution in [0.15, 0.2) is 60.8 Å². The van der Waals surface area contributed by atoms with Gasteiger partial charge in [0.15, 0.2) is 0 Å². The third-order valence-corrected chi connectivity index (χ3v) is 3.05. The molecule has 104 valence electrons. The van der Waals surface area contributed by atoms with Crippen molar-refractivity contribution in [3.8, 4) is 11.4 Å². The van der Waals surface area contributed by atoms with Gasteiger partial charge < -0.3 is 5.32 Å². The molecular formula is C16H14N4O. The maximum absolute atomic E-state index is 12.1. The van der Waals surface area contributed by atoms with Crippen LogP contribution in [-0.4, -0.2) is 21.1 Å². The molecule has 1 aromatic carbocycles. The Balaban J connectivity index is 1.67. The number of carbonyl (C=O) groups is 1. The number of H-pyrrole nitrogens is 1. The predicted molar refractivity (Wildman–Crippen MR) is 79.4 cm³/mol. The van der Waals surface area contributed by atoms with Crippen molar-refractivity contribution < 1.29 is 4.79 Å². The van der Waals surface area contributed by atoms with Crippen LogP contribution in [0, 0.1) is 0 Å². The van der Waals surface area contributed by atoms with Gasteiger partial charge in [-0.25, -0.2) is 0 Å². The fourth-order valence-electron chi connectivity index (χ4n) is 1.96. The molecule has 0 aliphatic carbocycles. The van der Waals surface area contributed by atoms with E-state index in [0.717, 1.165) is 11.3 Å². The summed E-state index contributed by atoms with van der Waals surface area (Å²) in [5.41, 5.74) is 2.86. The highest BCUT2D eigenvalue weighted by Crippen LogP contribution is 2.14. The molecule has 3 rings (SSSR count). The van der Waals surface area contributed by atoms with Gasteiger partial charge in [-0.15, -0.1) is 0 Å². The number of hydrogen-bond acceptors (Lipinski definition) is 3. The molecule has 21 heavy (non-hydrogen) atoms. The molecule has 5 nitrogen and oxygen atoms in total. The molecule has 2 aromatic heterocycles. The van der Waals surface area contributed by atoms with Crippen molar-refractivity contribution in [2.24, 2.45) is 0 Å². The SMILES string of the molecule is O=C(NCc1ccccc1)c1cc(-c2ccccn2)n[nH]1. The van der Waals surface area contributed by atoms with Crippen molar-refractivity contribution in [3.63, 3.8) is 0 Å². The van der Waals surface area contributed by atoms with Crippen LogP contribution in [0.4, 0.5) is 0 Å². The lowest BCUT2D eigenvalue weighted by molar-refractivity contribution is 0.0946. The molecule has 0 bridgehead atoms. The van der Waals surface area contributed by atoms with E-state index in [0.29, 0.717) is 17.9 Å². The van der Waals surface area contributed by atoms with E-state index in [1.54, 1.807) is 12.3 Å². The highest BCUT2D eigenvalue weighted by Gasteiger charge is 2.11. The van der Waals surface area contributed by atoms with Crippen LogP contribution in [-0.2, 0) is 6.54 Å². The normalized spacial score (nSPS) is 10.3. The van der Waals surface area contributed by atoms with Crippen LogP contribution in [0.3, 0.4) is 0 Å². The number of hydrogen-bond donors (Lipinski definition) is 2. The zero-order valence-electron chi connectivity index (χ0n) is 11.3. The minimum absolute atomic E-state index is 0.187. The molecule has 0 saturated heterocycles. The summed E-state index contributed by atoms with van der Waals surface area (Å²) in [5, 5.41) is 9.70. The highest BCUT2D eigenvalue weighted by molar-refractivity contribution is 5.93. The van der Waals surface area contributed by atoms with Crippen molar-refractivity contribution in [2.75, 3.05) is 0 Å². The van der Waals surface area contributed by atoms with E-state index in [1.807, 2.05) is 48.5 Å². The summed E-state index contributed by atoms with van der Waals surface area (Å²) in [6, 6.07) is 17.0. The number of nitrogens with zero attached hydrogens (tertiary/aromatic N) is 2. The summed E-state index contributed by atoms with van der Waals surface area (Å²) < 4.78 is 0. The fraction of sp³-hybridized carbons (Fsp3) is 0.0625. The molecule has 0 aliphatic heterocycles. The van der Waals surface area contributed by atoms with Crippen molar-refractivity contribution in [1.29, 1.82) is 0 Å². The summed E-state index contributed by atoms with van der Waals surface area (Å²) in [4.78, 5) is 16.3. The molecule has 0 fully saturated rings. The Morgan fingerprint density at radius 2 is 1.86 bits per heavy atom. The Labute approximate surface area is 122 Å². The molecule has 0 aliphatic rings. The fourth-order valence-corrected chi connectivity index (χ4v) is 1.96. The Hall–Kier alpha value is -2.95. The second kappa shape index (κ2) is 6.00. The average Bonchev–Trinajstić information content (AvgIpc) is 3.04. The van der Waals surface area contributed by atoms with Crippen LogP contribution >= 0.6 is 0 Å². The van der Waals surface area contributed by atoms with Crippen LogP contribution in [0.1, 0.15) is 16.1 Å². The van der Waals surface area contributed by atoms with Crippen molar-refractivity contribution in [3.05, 3.63) is 72.1 Å². The summed E-state index contributed by atoms with van der Waals surface area (Å²) in [5.74, 6) is -0.187. The van der Waals surface area contributed by atoms with Gasteiger partial charge in [0.2, 0.25) is 0 Å². The lowest BCUT2D eigenvalue weighted by Gasteiger charge is -2.02. The maximum atomic E-state index is 12.1. The van der Waals surface area contributed by atoms with Gasteiger partial charge in [-0.1, -0.05) is 36.4 Å². The first kappa shape index (κ1) is 13.1. The minimum Gasteiger partial charge on any atom is -0.347 e. The Morgan fingerprint density at radius 1 is 1.05 bits per heavy atom. The Bertz CT molecular complexity index is 722. The zero-order valence-corrected chi connectivity index (χ0v) is 11.3. The first-order valence-electron chi connectivity index (χ1n) is 6.62. The van der Waals surface area contributed by atoms with Crippen molar-refractivity contribution >= 4 is 5.91 Å². The third kappa shape index (κ3) is 3.14. The number of carbonyl (C=O) groups excluding carboxylic acids is 1. The Morgan fingerprint density at radius 3 is 2.62 bits per heavy atom. The molecule has 0 spiro atoms. The van der Waals surface area contributed by atoms with E-state index in [-0.39, 0.29) is 5.91 Å². The molecule has 0 atom stereocenters. The molecule has 0 unspecified atom stereocenters. The number of aromatic nitrogens is 3. The number of amides is 1. The molecule has 5 heteroatoms.